The van der Waals surface area contributed by atoms with Crippen LogP contribution in [0.5, 0.6) is 0 Å². The van der Waals surface area contributed by atoms with E-state index >= 15 is 0 Å². The van der Waals surface area contributed by atoms with Gasteiger partial charge in [-0.2, -0.15) is 17.0 Å². The summed E-state index contributed by atoms with van der Waals surface area (Å²) < 4.78 is 27.9. The molecule has 1 unspecified atom stereocenters. The zero-order valence-corrected chi connectivity index (χ0v) is 12.3. The first-order valence-electron chi connectivity index (χ1n) is 6.80. The third-order valence-electron chi connectivity index (χ3n) is 4.17. The summed E-state index contributed by atoms with van der Waals surface area (Å²) in [5.74, 6) is -1.25. The van der Waals surface area contributed by atoms with E-state index in [-0.39, 0.29) is 12.5 Å². The molecule has 0 bridgehead atoms. The van der Waals surface area contributed by atoms with Gasteiger partial charge in [0.1, 0.15) is 0 Å². The van der Waals surface area contributed by atoms with Gasteiger partial charge in [0.25, 0.3) is 10.2 Å². The first kappa shape index (κ1) is 14.7. The highest BCUT2D eigenvalue weighted by molar-refractivity contribution is 7.86. The van der Waals surface area contributed by atoms with Crippen molar-refractivity contribution in [2.75, 3.05) is 26.2 Å². The van der Waals surface area contributed by atoms with Crippen LogP contribution in [0.3, 0.4) is 0 Å². The third kappa shape index (κ3) is 2.93. The average molecular weight is 290 g/mol. The number of aliphatic carboxylic acids is 1. The second-order valence-electron chi connectivity index (χ2n) is 5.85. The summed E-state index contributed by atoms with van der Waals surface area (Å²) in [7, 11) is -3.49. The lowest BCUT2D eigenvalue weighted by atomic mass is 9.99. The maximum absolute atomic E-state index is 12.5. The van der Waals surface area contributed by atoms with Crippen LogP contribution in [-0.4, -0.2) is 54.3 Å². The normalized spacial score (nSPS) is 34.5. The minimum Gasteiger partial charge on any atom is -0.481 e. The highest BCUT2D eigenvalue weighted by atomic mass is 32.2. The Hall–Kier alpha value is -0.660. The van der Waals surface area contributed by atoms with Crippen molar-refractivity contribution >= 4 is 16.2 Å². The number of rotatable bonds is 3. The van der Waals surface area contributed by atoms with Crippen LogP contribution in [0, 0.1) is 17.8 Å². The minimum atomic E-state index is -3.49. The van der Waals surface area contributed by atoms with Crippen molar-refractivity contribution < 1.29 is 18.3 Å². The van der Waals surface area contributed by atoms with Crippen LogP contribution < -0.4 is 0 Å². The highest BCUT2D eigenvalue weighted by Crippen LogP contribution is 2.28. The molecule has 0 amide bonds. The Labute approximate surface area is 114 Å². The SMILES string of the molecule is CC1CCCN(S(=O)(=O)N2C[C@@H](C)[C@H](C(=O)O)C2)C1. The van der Waals surface area contributed by atoms with E-state index in [0.717, 1.165) is 12.8 Å². The van der Waals surface area contributed by atoms with Crippen LogP contribution in [0.4, 0.5) is 0 Å². The van der Waals surface area contributed by atoms with Gasteiger partial charge in [-0.15, -0.1) is 0 Å². The molecule has 2 heterocycles. The standard InChI is InChI=1S/C12H22N2O4S/c1-9-4-3-5-13(6-9)19(17,18)14-7-10(2)11(8-14)12(15)16/h9-11H,3-8H2,1-2H3,(H,15,16)/t9?,10-,11-/m1/s1. The second kappa shape index (κ2) is 5.38. The number of piperidine rings is 1. The number of hydrogen-bond donors (Lipinski definition) is 1. The molecule has 2 aliphatic rings. The number of nitrogens with zero attached hydrogens (tertiary/aromatic N) is 2. The van der Waals surface area contributed by atoms with Gasteiger partial charge in [-0.05, 0) is 24.7 Å². The molecule has 0 aromatic heterocycles. The Balaban J connectivity index is 2.10. The van der Waals surface area contributed by atoms with E-state index in [9.17, 15) is 13.2 Å². The van der Waals surface area contributed by atoms with Crippen LogP contribution >= 0.6 is 0 Å². The zero-order chi connectivity index (χ0) is 14.2. The first-order chi connectivity index (χ1) is 8.82. The Kier molecular flexibility index (Phi) is 4.17. The van der Waals surface area contributed by atoms with Crippen LogP contribution in [0.1, 0.15) is 26.7 Å². The second-order valence-corrected chi connectivity index (χ2v) is 7.78. The van der Waals surface area contributed by atoms with E-state index in [1.54, 1.807) is 6.92 Å². The van der Waals surface area contributed by atoms with Crippen LogP contribution in [0.15, 0.2) is 0 Å². The van der Waals surface area contributed by atoms with Crippen molar-refractivity contribution in [3.05, 3.63) is 0 Å². The van der Waals surface area contributed by atoms with Crippen molar-refractivity contribution in [3.63, 3.8) is 0 Å². The van der Waals surface area contributed by atoms with E-state index in [2.05, 4.69) is 0 Å². The molecule has 0 radical (unpaired) electrons. The number of carbonyl (C=O) groups is 1. The molecule has 0 saturated carbocycles. The summed E-state index contributed by atoms with van der Waals surface area (Å²) in [6.45, 7) is 5.36. The highest BCUT2D eigenvalue weighted by Gasteiger charge is 2.42. The van der Waals surface area contributed by atoms with Gasteiger partial charge in [0.2, 0.25) is 0 Å². The summed E-state index contributed by atoms with van der Waals surface area (Å²) in [6, 6.07) is 0. The van der Waals surface area contributed by atoms with Crippen molar-refractivity contribution in [2.45, 2.75) is 26.7 Å². The fourth-order valence-corrected chi connectivity index (χ4v) is 4.85. The summed E-state index contributed by atoms with van der Waals surface area (Å²) in [6.07, 6.45) is 1.94. The fourth-order valence-electron chi connectivity index (χ4n) is 2.95. The summed E-state index contributed by atoms with van der Waals surface area (Å²) in [5, 5.41) is 9.08. The molecule has 2 fully saturated rings. The molecule has 2 rings (SSSR count). The van der Waals surface area contributed by atoms with Crippen molar-refractivity contribution in [1.82, 2.24) is 8.61 Å². The van der Waals surface area contributed by atoms with Gasteiger partial charge < -0.3 is 5.11 Å². The van der Waals surface area contributed by atoms with E-state index in [1.165, 1.54) is 8.61 Å². The predicted molar refractivity (Wildman–Crippen MR) is 70.8 cm³/mol. The lowest BCUT2D eigenvalue weighted by Crippen LogP contribution is -2.47. The van der Waals surface area contributed by atoms with Gasteiger partial charge in [-0.3, -0.25) is 4.79 Å². The van der Waals surface area contributed by atoms with Gasteiger partial charge in [-0.1, -0.05) is 13.8 Å². The van der Waals surface area contributed by atoms with Gasteiger partial charge in [0.05, 0.1) is 5.92 Å². The smallest absolute Gasteiger partial charge is 0.308 e. The van der Waals surface area contributed by atoms with Crippen molar-refractivity contribution in [2.24, 2.45) is 17.8 Å². The molecule has 0 aliphatic carbocycles. The summed E-state index contributed by atoms with van der Waals surface area (Å²) >= 11 is 0. The quantitative estimate of drug-likeness (QED) is 0.826. The number of hydrogen-bond acceptors (Lipinski definition) is 3. The Bertz CT molecular complexity index is 451. The lowest BCUT2D eigenvalue weighted by Gasteiger charge is -2.33. The Morgan fingerprint density at radius 1 is 1.16 bits per heavy atom. The van der Waals surface area contributed by atoms with Crippen molar-refractivity contribution in [3.8, 4) is 0 Å². The zero-order valence-electron chi connectivity index (χ0n) is 11.4. The van der Waals surface area contributed by atoms with Crippen LogP contribution in [0.25, 0.3) is 0 Å². The Morgan fingerprint density at radius 2 is 1.84 bits per heavy atom. The molecule has 3 atom stereocenters. The van der Waals surface area contributed by atoms with Gasteiger partial charge >= 0.3 is 5.97 Å². The molecular formula is C12H22N2O4S. The predicted octanol–water partition coefficient (Wildman–Crippen LogP) is 0.616. The third-order valence-corrected chi connectivity index (χ3v) is 6.10. The molecule has 0 aromatic rings. The molecule has 2 saturated heterocycles. The number of carboxylic acid groups (broad SMARTS) is 1. The van der Waals surface area contributed by atoms with E-state index in [1.807, 2.05) is 6.92 Å². The molecular weight excluding hydrogens is 268 g/mol. The number of carboxylic acids is 1. The first-order valence-corrected chi connectivity index (χ1v) is 8.20. The minimum absolute atomic E-state index is 0.101. The van der Waals surface area contributed by atoms with Gasteiger partial charge in [0, 0.05) is 26.2 Å². The lowest BCUT2D eigenvalue weighted by molar-refractivity contribution is -0.142. The molecule has 19 heavy (non-hydrogen) atoms. The molecule has 7 heteroatoms. The van der Waals surface area contributed by atoms with Crippen molar-refractivity contribution in [1.29, 1.82) is 0 Å². The van der Waals surface area contributed by atoms with Crippen LogP contribution in [-0.2, 0) is 15.0 Å². The molecule has 0 spiro atoms. The maximum Gasteiger partial charge on any atom is 0.308 e. The summed E-state index contributed by atoms with van der Waals surface area (Å²) in [5.41, 5.74) is 0. The molecule has 6 nitrogen and oxygen atoms in total. The van der Waals surface area contributed by atoms with E-state index in [0.29, 0.717) is 25.6 Å². The van der Waals surface area contributed by atoms with E-state index in [4.69, 9.17) is 5.11 Å². The van der Waals surface area contributed by atoms with Gasteiger partial charge in [-0.25, -0.2) is 0 Å². The topological polar surface area (TPSA) is 77.9 Å². The summed E-state index contributed by atoms with van der Waals surface area (Å²) in [4.78, 5) is 11.1. The average Bonchev–Trinajstić information content (AvgIpc) is 2.72. The maximum atomic E-state index is 12.5. The van der Waals surface area contributed by atoms with Gasteiger partial charge in [0.15, 0.2) is 0 Å². The van der Waals surface area contributed by atoms with E-state index < -0.39 is 22.1 Å². The molecule has 0 aromatic carbocycles. The monoisotopic (exact) mass is 290 g/mol. The fraction of sp³-hybridized carbons (Fsp3) is 0.917. The van der Waals surface area contributed by atoms with Crippen LogP contribution in [0.2, 0.25) is 0 Å². The molecule has 2 aliphatic heterocycles. The largest absolute Gasteiger partial charge is 0.481 e. The molecule has 110 valence electrons. The Morgan fingerprint density at radius 3 is 2.37 bits per heavy atom. The molecule has 1 N–H and O–H groups in total.